The average Bonchev–Trinajstić information content (AvgIpc) is 2.28. The zero-order valence-electron chi connectivity index (χ0n) is 9.15. The van der Waals surface area contributed by atoms with Gasteiger partial charge in [-0.15, -0.1) is 0 Å². The van der Waals surface area contributed by atoms with E-state index in [0.717, 1.165) is 0 Å². The summed E-state index contributed by atoms with van der Waals surface area (Å²) in [4.78, 5) is 4.39. The number of halogens is 2. The summed E-state index contributed by atoms with van der Waals surface area (Å²) in [6.45, 7) is 0. The molecule has 2 rings (SSSR count). The Balaban J connectivity index is 2.20. The van der Waals surface area contributed by atoms with E-state index in [1.54, 1.807) is 24.4 Å². The molecule has 1 aromatic carbocycles. The van der Waals surface area contributed by atoms with Gasteiger partial charge in [-0.3, -0.25) is 0 Å². The summed E-state index contributed by atoms with van der Waals surface area (Å²) in [5.41, 5.74) is 6.66. The molecule has 0 aliphatic carbocycles. The van der Waals surface area contributed by atoms with E-state index in [2.05, 4.69) is 10.3 Å². The van der Waals surface area contributed by atoms with Crippen LogP contribution >= 0.6 is 23.8 Å². The van der Waals surface area contributed by atoms with E-state index >= 15 is 0 Å². The number of pyridine rings is 1. The first-order chi connectivity index (χ1) is 8.54. The first kappa shape index (κ1) is 12.7. The molecule has 1 heterocycles. The number of nitrogens with two attached hydrogens (primary N) is 1. The maximum absolute atomic E-state index is 13.1. The van der Waals surface area contributed by atoms with Gasteiger partial charge in [0.25, 0.3) is 0 Å². The lowest BCUT2D eigenvalue weighted by Gasteiger charge is -2.06. The van der Waals surface area contributed by atoms with Crippen LogP contribution < -0.4 is 11.1 Å². The first-order valence-corrected chi connectivity index (χ1v) is 5.82. The van der Waals surface area contributed by atoms with Crippen molar-refractivity contribution >= 4 is 40.3 Å². The summed E-state index contributed by atoms with van der Waals surface area (Å²) in [5, 5.41) is 3.25. The normalized spacial score (nSPS) is 10.1. The molecule has 0 radical (unpaired) electrons. The van der Waals surface area contributed by atoms with Gasteiger partial charge in [-0.05, 0) is 30.3 Å². The van der Waals surface area contributed by atoms with E-state index in [9.17, 15) is 4.39 Å². The van der Waals surface area contributed by atoms with Crippen molar-refractivity contribution in [3.63, 3.8) is 0 Å². The number of hydrogen-bond acceptors (Lipinski definition) is 3. The summed E-state index contributed by atoms with van der Waals surface area (Å²) in [7, 11) is 0. The Labute approximate surface area is 114 Å². The van der Waals surface area contributed by atoms with Crippen LogP contribution in [0.15, 0.2) is 36.5 Å². The van der Waals surface area contributed by atoms with Crippen molar-refractivity contribution in [3.05, 3.63) is 52.9 Å². The number of nitrogens with one attached hydrogen (secondary N) is 1. The smallest absolute Gasteiger partial charge is 0.130 e. The van der Waals surface area contributed by atoms with Crippen molar-refractivity contribution in [2.24, 2.45) is 5.73 Å². The monoisotopic (exact) mass is 281 g/mol. The molecule has 0 aliphatic rings. The van der Waals surface area contributed by atoms with Gasteiger partial charge in [0, 0.05) is 22.5 Å². The number of aromatic nitrogens is 1. The maximum atomic E-state index is 13.1. The lowest BCUT2D eigenvalue weighted by atomic mass is 10.2. The van der Waals surface area contributed by atoms with Gasteiger partial charge in [0.2, 0.25) is 0 Å². The van der Waals surface area contributed by atoms with Crippen molar-refractivity contribution in [3.8, 4) is 0 Å². The summed E-state index contributed by atoms with van der Waals surface area (Å²) in [5.74, 6) is 0.140. The van der Waals surface area contributed by atoms with E-state index in [1.165, 1.54) is 12.1 Å². The minimum atomic E-state index is -0.412. The lowest BCUT2D eigenvalue weighted by molar-refractivity contribution is 0.628. The lowest BCUT2D eigenvalue weighted by Crippen LogP contribution is -2.09. The van der Waals surface area contributed by atoms with Crippen LogP contribution in [0.3, 0.4) is 0 Å². The van der Waals surface area contributed by atoms with Crippen LogP contribution in [0.2, 0.25) is 5.02 Å². The largest absolute Gasteiger partial charge is 0.389 e. The fourth-order valence-electron chi connectivity index (χ4n) is 1.39. The molecule has 0 unspecified atom stereocenters. The summed E-state index contributed by atoms with van der Waals surface area (Å²) >= 11 is 10.6. The summed E-state index contributed by atoms with van der Waals surface area (Å²) in [6, 6.07) is 7.60. The number of thiocarbonyl (C=S) groups is 1. The molecule has 0 atom stereocenters. The van der Waals surface area contributed by atoms with Gasteiger partial charge in [-0.1, -0.05) is 23.8 Å². The number of hydrogen-bond donors (Lipinski definition) is 2. The van der Waals surface area contributed by atoms with Crippen molar-refractivity contribution in [2.45, 2.75) is 0 Å². The molecule has 0 bridgehead atoms. The van der Waals surface area contributed by atoms with Gasteiger partial charge < -0.3 is 11.1 Å². The Morgan fingerprint density at radius 2 is 2.11 bits per heavy atom. The quantitative estimate of drug-likeness (QED) is 0.848. The molecule has 0 spiro atoms. The van der Waals surface area contributed by atoms with Gasteiger partial charge in [-0.2, -0.15) is 0 Å². The first-order valence-electron chi connectivity index (χ1n) is 5.03. The van der Waals surface area contributed by atoms with Crippen molar-refractivity contribution in [2.75, 3.05) is 5.32 Å². The Morgan fingerprint density at radius 1 is 1.33 bits per heavy atom. The van der Waals surface area contributed by atoms with Crippen molar-refractivity contribution in [1.82, 2.24) is 4.98 Å². The van der Waals surface area contributed by atoms with Crippen LogP contribution in [-0.4, -0.2) is 9.97 Å². The molecule has 0 saturated heterocycles. The van der Waals surface area contributed by atoms with E-state index in [-0.39, 0.29) is 4.99 Å². The van der Waals surface area contributed by atoms with Crippen LogP contribution in [0.1, 0.15) is 5.56 Å². The minimum Gasteiger partial charge on any atom is -0.389 e. The highest BCUT2D eigenvalue weighted by molar-refractivity contribution is 7.80. The average molecular weight is 282 g/mol. The van der Waals surface area contributed by atoms with Crippen molar-refractivity contribution < 1.29 is 4.39 Å². The SMILES string of the molecule is NC(=S)c1ccc(Nc2cc(F)cc(Cl)c2)nc1. The molecule has 0 aliphatic heterocycles. The fraction of sp³-hybridized carbons (Fsp3) is 0. The van der Waals surface area contributed by atoms with Crippen LogP contribution in [0, 0.1) is 5.82 Å². The highest BCUT2D eigenvalue weighted by Crippen LogP contribution is 2.21. The summed E-state index contributed by atoms with van der Waals surface area (Å²) < 4.78 is 13.1. The van der Waals surface area contributed by atoms with E-state index < -0.39 is 5.82 Å². The molecule has 3 N–H and O–H groups in total. The Morgan fingerprint density at radius 3 is 2.67 bits per heavy atom. The van der Waals surface area contributed by atoms with Crippen LogP contribution in [0.4, 0.5) is 15.9 Å². The van der Waals surface area contributed by atoms with Crippen molar-refractivity contribution in [1.29, 1.82) is 0 Å². The molecule has 18 heavy (non-hydrogen) atoms. The van der Waals surface area contributed by atoms with Gasteiger partial charge in [0.15, 0.2) is 0 Å². The molecule has 0 fully saturated rings. The van der Waals surface area contributed by atoms with E-state index in [0.29, 0.717) is 22.1 Å². The highest BCUT2D eigenvalue weighted by atomic mass is 35.5. The minimum absolute atomic E-state index is 0.280. The molecular formula is C12H9ClFN3S. The second kappa shape index (κ2) is 5.29. The Bertz CT molecular complexity index is 566. The third kappa shape index (κ3) is 3.15. The molecule has 92 valence electrons. The molecule has 3 nitrogen and oxygen atoms in total. The topological polar surface area (TPSA) is 50.9 Å². The third-order valence-electron chi connectivity index (χ3n) is 2.18. The van der Waals surface area contributed by atoms with E-state index in [1.807, 2.05) is 0 Å². The maximum Gasteiger partial charge on any atom is 0.130 e. The highest BCUT2D eigenvalue weighted by Gasteiger charge is 2.02. The van der Waals surface area contributed by atoms with Gasteiger partial charge in [-0.25, -0.2) is 9.37 Å². The number of rotatable bonds is 3. The number of anilines is 2. The fourth-order valence-corrected chi connectivity index (χ4v) is 1.73. The zero-order valence-corrected chi connectivity index (χ0v) is 10.7. The second-order valence-corrected chi connectivity index (χ2v) is 4.46. The molecule has 1 aromatic heterocycles. The third-order valence-corrected chi connectivity index (χ3v) is 2.64. The second-order valence-electron chi connectivity index (χ2n) is 3.58. The van der Waals surface area contributed by atoms with Crippen LogP contribution in [-0.2, 0) is 0 Å². The van der Waals surface area contributed by atoms with Gasteiger partial charge >= 0.3 is 0 Å². The van der Waals surface area contributed by atoms with Crippen LogP contribution in [0.5, 0.6) is 0 Å². The Kier molecular flexibility index (Phi) is 3.74. The van der Waals surface area contributed by atoms with Gasteiger partial charge in [0.05, 0.1) is 0 Å². The molecule has 6 heteroatoms. The predicted molar refractivity (Wildman–Crippen MR) is 74.8 cm³/mol. The predicted octanol–water partition coefficient (Wildman–Crippen LogP) is 3.25. The van der Waals surface area contributed by atoms with Crippen LogP contribution in [0.25, 0.3) is 0 Å². The Hall–Kier alpha value is -1.72. The number of nitrogens with zero attached hydrogens (tertiary/aromatic N) is 1. The zero-order chi connectivity index (χ0) is 13.1. The number of benzene rings is 1. The van der Waals surface area contributed by atoms with E-state index in [4.69, 9.17) is 29.6 Å². The standard InChI is InChI=1S/C12H9ClFN3S/c13-8-3-9(14)5-10(4-8)17-11-2-1-7(6-16-11)12(15)18/h1-6H,(H2,15,18)(H,16,17). The van der Waals surface area contributed by atoms with Gasteiger partial charge in [0.1, 0.15) is 16.6 Å². The molecular weight excluding hydrogens is 273 g/mol. The molecule has 0 amide bonds. The molecule has 2 aromatic rings. The summed E-state index contributed by atoms with van der Waals surface area (Å²) in [6.07, 6.45) is 1.55. The molecule has 0 saturated carbocycles.